The van der Waals surface area contributed by atoms with Gasteiger partial charge in [0.2, 0.25) is 0 Å². The highest BCUT2D eigenvalue weighted by molar-refractivity contribution is 5.68. The minimum absolute atomic E-state index is 0.0312. The fourth-order valence-corrected chi connectivity index (χ4v) is 2.50. The van der Waals surface area contributed by atoms with Crippen LogP contribution in [0.25, 0.3) is 0 Å². The average molecular weight is 327 g/mol. The molecule has 2 rings (SSSR count). The van der Waals surface area contributed by atoms with Gasteiger partial charge in [-0.15, -0.1) is 0 Å². The quantitative estimate of drug-likeness (QED) is 0.738. The van der Waals surface area contributed by atoms with E-state index < -0.39 is 18.3 Å². The Balaban J connectivity index is 2.07. The van der Waals surface area contributed by atoms with Crippen molar-refractivity contribution in [3.8, 4) is 0 Å². The van der Waals surface area contributed by atoms with Gasteiger partial charge in [0, 0.05) is 6.54 Å². The van der Waals surface area contributed by atoms with Crippen molar-refractivity contribution >= 4 is 6.09 Å². The molecule has 0 saturated heterocycles. The predicted molar refractivity (Wildman–Crippen MR) is 80.8 cm³/mol. The zero-order valence-corrected chi connectivity index (χ0v) is 12.8. The van der Waals surface area contributed by atoms with Crippen LogP contribution in [0.2, 0.25) is 0 Å². The van der Waals surface area contributed by atoms with E-state index >= 15 is 0 Å². The number of allylic oxidation sites excluding steroid dienone is 1. The van der Waals surface area contributed by atoms with Crippen LogP contribution < -0.4 is 0 Å². The molecular formula is C17H20F3NO2. The molecule has 6 heteroatoms. The minimum atomic E-state index is -4.47. The summed E-state index contributed by atoms with van der Waals surface area (Å²) in [6, 6.07) is 7.07. The lowest BCUT2D eigenvalue weighted by Crippen LogP contribution is -2.49. The Hall–Kier alpha value is -1.98. The second kappa shape index (κ2) is 8.04. The number of amides is 1. The molecule has 1 atom stereocenters. The molecule has 0 aromatic heterocycles. The summed E-state index contributed by atoms with van der Waals surface area (Å²) in [7, 11) is 0. The Morgan fingerprint density at radius 3 is 2.61 bits per heavy atom. The van der Waals surface area contributed by atoms with Crippen LogP contribution in [-0.4, -0.2) is 29.8 Å². The van der Waals surface area contributed by atoms with Gasteiger partial charge >= 0.3 is 12.3 Å². The maximum Gasteiger partial charge on any atom is 0.410 e. The lowest BCUT2D eigenvalue weighted by molar-refractivity contribution is -0.178. The minimum Gasteiger partial charge on any atom is -0.445 e. The Bertz CT molecular complexity index is 528. The van der Waals surface area contributed by atoms with Crippen LogP contribution >= 0.6 is 0 Å². The molecule has 0 aliphatic carbocycles. The Kier molecular flexibility index (Phi) is 6.07. The van der Waals surface area contributed by atoms with E-state index in [-0.39, 0.29) is 19.6 Å². The summed E-state index contributed by atoms with van der Waals surface area (Å²) in [5.41, 5.74) is 0.744. The molecule has 3 nitrogen and oxygen atoms in total. The number of benzene rings is 1. The molecule has 126 valence electrons. The predicted octanol–water partition coefficient (Wildman–Crippen LogP) is 4.69. The molecule has 1 heterocycles. The summed E-state index contributed by atoms with van der Waals surface area (Å²) >= 11 is 0. The molecule has 1 aromatic carbocycles. The molecule has 1 amide bonds. The monoisotopic (exact) mass is 327 g/mol. The number of rotatable bonds is 2. The molecule has 0 saturated carbocycles. The molecule has 0 radical (unpaired) electrons. The van der Waals surface area contributed by atoms with Crippen molar-refractivity contribution in [2.75, 3.05) is 6.54 Å². The number of halogens is 3. The largest absolute Gasteiger partial charge is 0.445 e. The third-order valence-corrected chi connectivity index (χ3v) is 3.74. The first-order chi connectivity index (χ1) is 11.0. The highest BCUT2D eigenvalue weighted by atomic mass is 19.4. The van der Waals surface area contributed by atoms with Crippen LogP contribution in [0, 0.1) is 0 Å². The summed E-state index contributed by atoms with van der Waals surface area (Å²) in [5.74, 6) is 0. The van der Waals surface area contributed by atoms with Crippen LogP contribution in [0.3, 0.4) is 0 Å². The molecule has 1 aliphatic heterocycles. The van der Waals surface area contributed by atoms with E-state index in [1.54, 1.807) is 30.3 Å². The van der Waals surface area contributed by atoms with Crippen molar-refractivity contribution < 1.29 is 22.7 Å². The number of carbonyl (C=O) groups excluding carboxylic acids is 1. The fourth-order valence-electron chi connectivity index (χ4n) is 2.50. The van der Waals surface area contributed by atoms with Gasteiger partial charge in [0.1, 0.15) is 12.6 Å². The van der Waals surface area contributed by atoms with Gasteiger partial charge < -0.3 is 4.74 Å². The number of alkyl halides is 3. The molecule has 23 heavy (non-hydrogen) atoms. The molecule has 0 bridgehead atoms. The van der Waals surface area contributed by atoms with Gasteiger partial charge in [0.15, 0.2) is 0 Å². The van der Waals surface area contributed by atoms with Gasteiger partial charge in [0.25, 0.3) is 0 Å². The number of ether oxygens (including phenoxy) is 1. The number of hydrogen-bond donors (Lipinski definition) is 0. The van der Waals surface area contributed by atoms with E-state index in [0.29, 0.717) is 6.42 Å². The van der Waals surface area contributed by atoms with E-state index in [4.69, 9.17) is 4.74 Å². The summed E-state index contributed by atoms with van der Waals surface area (Å²) < 4.78 is 44.9. The molecule has 1 aliphatic rings. The van der Waals surface area contributed by atoms with Gasteiger partial charge in [-0.1, -0.05) is 42.5 Å². The maximum absolute atomic E-state index is 13.3. The molecule has 0 spiro atoms. The van der Waals surface area contributed by atoms with Crippen LogP contribution in [0.5, 0.6) is 0 Å². The normalized spacial score (nSPS) is 21.0. The molecule has 0 fully saturated rings. The van der Waals surface area contributed by atoms with Gasteiger partial charge in [-0.25, -0.2) is 4.79 Å². The second-order valence-corrected chi connectivity index (χ2v) is 5.49. The van der Waals surface area contributed by atoms with Crippen LogP contribution in [-0.2, 0) is 11.3 Å². The summed E-state index contributed by atoms with van der Waals surface area (Å²) in [6.07, 6.45) is -0.354. The van der Waals surface area contributed by atoms with Crippen LogP contribution in [0.15, 0.2) is 42.5 Å². The number of carbonyl (C=O) groups is 1. The van der Waals surface area contributed by atoms with Crippen molar-refractivity contribution in [3.63, 3.8) is 0 Å². The Labute approximate surface area is 133 Å². The number of hydrogen-bond acceptors (Lipinski definition) is 2. The smallest absolute Gasteiger partial charge is 0.410 e. The molecule has 1 unspecified atom stereocenters. The first-order valence-corrected chi connectivity index (χ1v) is 7.67. The van der Waals surface area contributed by atoms with Crippen molar-refractivity contribution in [1.29, 1.82) is 0 Å². The topological polar surface area (TPSA) is 29.5 Å². The lowest BCUT2D eigenvalue weighted by Gasteiger charge is -2.31. The zero-order chi connectivity index (χ0) is 16.7. The SMILES string of the molecule is O=C(OCc1ccccc1)N1CCCC/C=C\CC1C(F)(F)F. The van der Waals surface area contributed by atoms with Crippen molar-refractivity contribution in [2.24, 2.45) is 0 Å². The van der Waals surface area contributed by atoms with E-state index in [2.05, 4.69) is 0 Å². The third kappa shape index (κ3) is 5.30. The highest BCUT2D eigenvalue weighted by Crippen LogP contribution is 2.29. The van der Waals surface area contributed by atoms with E-state index in [1.165, 1.54) is 6.08 Å². The average Bonchev–Trinajstić information content (AvgIpc) is 2.64. The summed E-state index contributed by atoms with van der Waals surface area (Å²) in [6.45, 7) is 0.0239. The standard InChI is InChI=1S/C17H20F3NO2/c18-17(19,20)15-11-7-2-1-3-8-12-21(15)16(22)23-13-14-9-5-4-6-10-14/h2,4-7,9-10,15H,1,3,8,11-13H2/b7-2-. The number of nitrogens with zero attached hydrogens (tertiary/aromatic N) is 1. The Morgan fingerprint density at radius 2 is 1.91 bits per heavy atom. The van der Waals surface area contributed by atoms with Gasteiger partial charge in [0.05, 0.1) is 0 Å². The van der Waals surface area contributed by atoms with E-state index in [1.807, 2.05) is 6.07 Å². The first-order valence-electron chi connectivity index (χ1n) is 7.67. The van der Waals surface area contributed by atoms with Crippen molar-refractivity contribution in [1.82, 2.24) is 4.90 Å². The maximum atomic E-state index is 13.3. The second-order valence-electron chi connectivity index (χ2n) is 5.49. The highest BCUT2D eigenvalue weighted by Gasteiger charge is 2.45. The van der Waals surface area contributed by atoms with E-state index in [9.17, 15) is 18.0 Å². The van der Waals surface area contributed by atoms with Crippen LogP contribution in [0.1, 0.15) is 31.2 Å². The van der Waals surface area contributed by atoms with Gasteiger partial charge in [-0.3, -0.25) is 4.90 Å². The zero-order valence-electron chi connectivity index (χ0n) is 12.8. The summed E-state index contributed by atoms with van der Waals surface area (Å²) in [5, 5.41) is 0. The summed E-state index contributed by atoms with van der Waals surface area (Å²) in [4.78, 5) is 13.0. The lowest BCUT2D eigenvalue weighted by atomic mass is 10.1. The van der Waals surface area contributed by atoms with Crippen molar-refractivity contribution in [3.05, 3.63) is 48.0 Å². The Morgan fingerprint density at radius 1 is 1.17 bits per heavy atom. The first kappa shape index (κ1) is 17.4. The van der Waals surface area contributed by atoms with Crippen molar-refractivity contribution in [2.45, 2.75) is 44.5 Å². The molecular weight excluding hydrogens is 307 g/mol. The third-order valence-electron chi connectivity index (χ3n) is 3.74. The van der Waals surface area contributed by atoms with Gasteiger partial charge in [-0.2, -0.15) is 13.2 Å². The molecule has 0 N–H and O–H groups in total. The van der Waals surface area contributed by atoms with Crippen LogP contribution in [0.4, 0.5) is 18.0 Å². The fraction of sp³-hybridized carbons (Fsp3) is 0.471. The van der Waals surface area contributed by atoms with E-state index in [0.717, 1.165) is 23.3 Å². The molecule has 1 aromatic rings. The van der Waals surface area contributed by atoms with Gasteiger partial charge in [-0.05, 0) is 31.2 Å².